The Morgan fingerprint density at radius 2 is 2.04 bits per heavy atom. The zero-order valence-electron chi connectivity index (χ0n) is 14.4. The summed E-state index contributed by atoms with van der Waals surface area (Å²) >= 11 is 0. The molecular weight excluding hydrogens is 320 g/mol. The summed E-state index contributed by atoms with van der Waals surface area (Å²) in [6, 6.07) is 9.57. The molecule has 1 aromatic carbocycles. The first-order valence-electron chi connectivity index (χ1n) is 8.50. The molecule has 1 aromatic heterocycles. The molecule has 134 valence electrons. The fraction of sp³-hybridized carbons (Fsp3) is 0.444. The fourth-order valence-electron chi connectivity index (χ4n) is 2.95. The summed E-state index contributed by atoms with van der Waals surface area (Å²) in [5.74, 6) is 3.22. The van der Waals surface area contributed by atoms with Gasteiger partial charge in [-0.25, -0.2) is 9.97 Å². The number of rotatable bonds is 8. The van der Waals surface area contributed by atoms with E-state index in [1.54, 1.807) is 13.4 Å². The first-order valence-corrected chi connectivity index (χ1v) is 8.50. The summed E-state index contributed by atoms with van der Waals surface area (Å²) in [6.07, 6.45) is 3.63. The average Bonchev–Trinajstić information content (AvgIpc) is 3.15. The SMILES string of the molecule is COc1ccc(OCCNc2cc(N3CCCC3CO)ncn2)cc1. The third-order valence-electron chi connectivity index (χ3n) is 4.27. The van der Waals surface area contributed by atoms with Crippen molar-refractivity contribution >= 4 is 11.6 Å². The molecule has 3 rings (SSSR count). The Labute approximate surface area is 147 Å². The lowest BCUT2D eigenvalue weighted by Gasteiger charge is -2.24. The molecule has 1 aliphatic heterocycles. The molecule has 2 N–H and O–H groups in total. The maximum atomic E-state index is 9.46. The Morgan fingerprint density at radius 1 is 1.24 bits per heavy atom. The molecule has 0 spiro atoms. The number of nitrogens with one attached hydrogen (secondary N) is 1. The van der Waals surface area contributed by atoms with Gasteiger partial charge in [0.1, 0.15) is 36.1 Å². The first kappa shape index (κ1) is 17.3. The molecule has 0 saturated carbocycles. The zero-order valence-corrected chi connectivity index (χ0v) is 14.4. The van der Waals surface area contributed by atoms with Crippen molar-refractivity contribution in [1.82, 2.24) is 9.97 Å². The number of methoxy groups -OCH3 is 1. The van der Waals surface area contributed by atoms with E-state index in [0.29, 0.717) is 13.2 Å². The lowest BCUT2D eigenvalue weighted by Crippen LogP contribution is -2.32. The summed E-state index contributed by atoms with van der Waals surface area (Å²) in [6.45, 7) is 2.23. The first-order chi connectivity index (χ1) is 12.3. The van der Waals surface area contributed by atoms with Crippen LogP contribution in [0.4, 0.5) is 11.6 Å². The Hall–Kier alpha value is -2.54. The molecule has 1 aliphatic rings. The summed E-state index contributed by atoms with van der Waals surface area (Å²) in [4.78, 5) is 10.7. The van der Waals surface area contributed by atoms with Gasteiger partial charge >= 0.3 is 0 Å². The lowest BCUT2D eigenvalue weighted by atomic mass is 10.2. The summed E-state index contributed by atoms with van der Waals surface area (Å²) < 4.78 is 10.8. The summed E-state index contributed by atoms with van der Waals surface area (Å²) in [5.41, 5.74) is 0. The summed E-state index contributed by atoms with van der Waals surface area (Å²) in [7, 11) is 1.64. The van der Waals surface area contributed by atoms with Crippen molar-refractivity contribution in [1.29, 1.82) is 0 Å². The van der Waals surface area contributed by atoms with E-state index in [0.717, 1.165) is 42.5 Å². The van der Waals surface area contributed by atoms with Gasteiger partial charge in [-0.15, -0.1) is 0 Å². The molecule has 2 aromatic rings. The molecule has 7 nitrogen and oxygen atoms in total. The van der Waals surface area contributed by atoms with Crippen LogP contribution in [0.5, 0.6) is 11.5 Å². The van der Waals surface area contributed by atoms with E-state index in [9.17, 15) is 5.11 Å². The molecular formula is C18H24N4O3. The highest BCUT2D eigenvalue weighted by atomic mass is 16.5. The molecule has 2 heterocycles. The van der Waals surface area contributed by atoms with Gasteiger partial charge in [-0.2, -0.15) is 0 Å². The van der Waals surface area contributed by atoms with Crippen molar-refractivity contribution in [2.24, 2.45) is 0 Å². The van der Waals surface area contributed by atoms with Crippen LogP contribution in [0.2, 0.25) is 0 Å². The van der Waals surface area contributed by atoms with Gasteiger partial charge < -0.3 is 24.8 Å². The van der Waals surface area contributed by atoms with Crippen molar-refractivity contribution in [3.05, 3.63) is 36.7 Å². The second-order valence-corrected chi connectivity index (χ2v) is 5.88. The predicted molar refractivity (Wildman–Crippen MR) is 96.5 cm³/mol. The number of anilines is 2. The van der Waals surface area contributed by atoms with E-state index < -0.39 is 0 Å². The molecule has 1 unspecified atom stereocenters. The van der Waals surface area contributed by atoms with Crippen molar-refractivity contribution < 1.29 is 14.6 Å². The minimum atomic E-state index is 0.154. The van der Waals surface area contributed by atoms with Gasteiger partial charge in [0.05, 0.1) is 26.3 Å². The van der Waals surface area contributed by atoms with Gasteiger partial charge in [0.15, 0.2) is 0 Å². The van der Waals surface area contributed by atoms with Crippen LogP contribution < -0.4 is 19.7 Å². The van der Waals surface area contributed by atoms with Crippen LogP contribution in [-0.4, -0.2) is 54.5 Å². The number of ether oxygens (including phenoxy) is 2. The third kappa shape index (κ3) is 4.51. The zero-order chi connectivity index (χ0) is 17.5. The monoisotopic (exact) mass is 344 g/mol. The van der Waals surface area contributed by atoms with Crippen molar-refractivity contribution in [2.75, 3.05) is 43.6 Å². The normalized spacial score (nSPS) is 16.7. The highest BCUT2D eigenvalue weighted by Crippen LogP contribution is 2.24. The number of hydrogen-bond donors (Lipinski definition) is 2. The summed E-state index contributed by atoms with van der Waals surface area (Å²) in [5, 5.41) is 12.7. The smallest absolute Gasteiger partial charge is 0.134 e. The molecule has 0 aliphatic carbocycles. The van der Waals surface area contributed by atoms with Gasteiger partial charge in [0.25, 0.3) is 0 Å². The van der Waals surface area contributed by atoms with Crippen LogP contribution in [-0.2, 0) is 0 Å². The highest BCUT2D eigenvalue weighted by molar-refractivity contribution is 5.49. The topological polar surface area (TPSA) is 79.7 Å². The minimum Gasteiger partial charge on any atom is -0.497 e. The largest absolute Gasteiger partial charge is 0.497 e. The molecule has 1 saturated heterocycles. The number of benzene rings is 1. The van der Waals surface area contributed by atoms with Crippen LogP contribution in [0, 0.1) is 0 Å². The Kier molecular flexibility index (Phi) is 5.90. The van der Waals surface area contributed by atoms with E-state index in [-0.39, 0.29) is 12.6 Å². The number of aliphatic hydroxyl groups excluding tert-OH is 1. The Morgan fingerprint density at radius 3 is 2.80 bits per heavy atom. The maximum absolute atomic E-state index is 9.46. The lowest BCUT2D eigenvalue weighted by molar-refractivity contribution is 0.266. The van der Waals surface area contributed by atoms with Gasteiger partial charge in [-0.3, -0.25) is 0 Å². The molecule has 0 bridgehead atoms. The van der Waals surface area contributed by atoms with E-state index in [4.69, 9.17) is 9.47 Å². The second-order valence-electron chi connectivity index (χ2n) is 5.88. The number of aliphatic hydroxyl groups is 1. The van der Waals surface area contributed by atoms with Crippen LogP contribution in [0.3, 0.4) is 0 Å². The van der Waals surface area contributed by atoms with E-state index in [1.165, 1.54) is 0 Å². The van der Waals surface area contributed by atoms with Crippen LogP contribution in [0.15, 0.2) is 36.7 Å². The van der Waals surface area contributed by atoms with Crippen molar-refractivity contribution in [3.8, 4) is 11.5 Å². The molecule has 7 heteroatoms. The molecule has 0 radical (unpaired) electrons. The van der Waals surface area contributed by atoms with Gasteiger partial charge in [0, 0.05) is 12.6 Å². The van der Waals surface area contributed by atoms with Crippen LogP contribution >= 0.6 is 0 Å². The second kappa shape index (κ2) is 8.53. The third-order valence-corrected chi connectivity index (χ3v) is 4.27. The standard InChI is InChI=1S/C18H24N4O3/c1-24-15-4-6-16(7-5-15)25-10-8-19-17-11-18(21-13-20-17)22-9-2-3-14(22)12-23/h4-7,11,13-14,23H,2-3,8-10,12H2,1H3,(H,19,20,21). The van der Waals surface area contributed by atoms with E-state index >= 15 is 0 Å². The van der Waals surface area contributed by atoms with Gasteiger partial charge in [-0.05, 0) is 37.1 Å². The minimum absolute atomic E-state index is 0.154. The maximum Gasteiger partial charge on any atom is 0.134 e. The molecule has 1 fully saturated rings. The number of nitrogens with zero attached hydrogens (tertiary/aromatic N) is 3. The molecule has 25 heavy (non-hydrogen) atoms. The average molecular weight is 344 g/mol. The van der Waals surface area contributed by atoms with Crippen molar-refractivity contribution in [3.63, 3.8) is 0 Å². The van der Waals surface area contributed by atoms with E-state index in [2.05, 4.69) is 20.2 Å². The predicted octanol–water partition coefficient (Wildman–Crippen LogP) is 1.94. The Balaban J connectivity index is 1.49. The van der Waals surface area contributed by atoms with Gasteiger partial charge in [-0.1, -0.05) is 0 Å². The number of aromatic nitrogens is 2. The van der Waals surface area contributed by atoms with Gasteiger partial charge in [0.2, 0.25) is 0 Å². The Bertz CT molecular complexity index is 666. The van der Waals surface area contributed by atoms with E-state index in [1.807, 2.05) is 30.3 Å². The van der Waals surface area contributed by atoms with Crippen LogP contribution in [0.1, 0.15) is 12.8 Å². The molecule has 0 amide bonds. The van der Waals surface area contributed by atoms with Crippen molar-refractivity contribution in [2.45, 2.75) is 18.9 Å². The van der Waals surface area contributed by atoms with Crippen LogP contribution in [0.25, 0.3) is 0 Å². The quantitative estimate of drug-likeness (QED) is 0.708. The fourth-order valence-corrected chi connectivity index (χ4v) is 2.95. The molecule has 1 atom stereocenters. The number of hydrogen-bond acceptors (Lipinski definition) is 7. The highest BCUT2D eigenvalue weighted by Gasteiger charge is 2.25.